The minimum absolute atomic E-state index is 0.169. The van der Waals surface area contributed by atoms with E-state index in [2.05, 4.69) is 10.6 Å². The fourth-order valence-electron chi connectivity index (χ4n) is 2.31. The number of nitrogens with one attached hydrogen (secondary N) is 2. The second kappa shape index (κ2) is 7.08. The summed E-state index contributed by atoms with van der Waals surface area (Å²) in [6, 6.07) is 3.09. The van der Waals surface area contributed by atoms with Gasteiger partial charge >= 0.3 is 12.2 Å². The van der Waals surface area contributed by atoms with Crippen LogP contribution in [0.3, 0.4) is 0 Å². The van der Waals surface area contributed by atoms with Crippen LogP contribution in [0.4, 0.5) is 29.3 Å². The molecule has 1 fully saturated rings. The van der Waals surface area contributed by atoms with Gasteiger partial charge in [-0.25, -0.2) is 4.79 Å². The van der Waals surface area contributed by atoms with Crippen LogP contribution < -0.4 is 15.5 Å². The van der Waals surface area contributed by atoms with E-state index < -0.39 is 17.8 Å². The summed E-state index contributed by atoms with van der Waals surface area (Å²) in [6.07, 6.45) is -4.55. The topological polar surface area (TPSA) is 53.6 Å². The molecule has 1 aliphatic rings. The Kier molecular flexibility index (Phi) is 5.35. The van der Waals surface area contributed by atoms with Crippen LogP contribution in [0.1, 0.15) is 19.4 Å². The van der Waals surface area contributed by atoms with Gasteiger partial charge in [0.25, 0.3) is 0 Å². The van der Waals surface area contributed by atoms with E-state index in [-0.39, 0.29) is 11.7 Å². The number of carbonyl (C=O) groups excluding carboxylic acids is 1. The summed E-state index contributed by atoms with van der Waals surface area (Å²) in [7, 11) is 0. The molecule has 23 heavy (non-hydrogen) atoms. The molecule has 0 aromatic heterocycles. The van der Waals surface area contributed by atoms with E-state index in [1.54, 1.807) is 19.9 Å². The Bertz CT molecular complexity index is 555. The molecule has 0 unspecified atom stereocenters. The Morgan fingerprint density at radius 2 is 1.91 bits per heavy atom. The lowest BCUT2D eigenvalue weighted by molar-refractivity contribution is -0.136. The van der Waals surface area contributed by atoms with E-state index in [0.29, 0.717) is 32.0 Å². The van der Waals surface area contributed by atoms with Crippen molar-refractivity contribution in [2.24, 2.45) is 0 Å². The maximum absolute atomic E-state index is 13.3. The van der Waals surface area contributed by atoms with Crippen LogP contribution in [0.5, 0.6) is 0 Å². The molecule has 1 aromatic carbocycles. The fraction of sp³-hybridized carbons (Fsp3) is 0.533. The van der Waals surface area contributed by atoms with Gasteiger partial charge in [0, 0.05) is 24.8 Å². The SMILES string of the molecule is CC(C)NC(=O)Nc1ccc(N2CCOCC2)cc1C(F)(F)F. The van der Waals surface area contributed by atoms with Crippen molar-refractivity contribution >= 4 is 17.4 Å². The summed E-state index contributed by atoms with van der Waals surface area (Å²) in [5.41, 5.74) is -0.650. The Balaban J connectivity index is 2.26. The van der Waals surface area contributed by atoms with Gasteiger partial charge in [-0.2, -0.15) is 13.2 Å². The monoisotopic (exact) mass is 331 g/mol. The first-order valence-electron chi connectivity index (χ1n) is 7.39. The first-order valence-corrected chi connectivity index (χ1v) is 7.39. The maximum Gasteiger partial charge on any atom is 0.418 e. The standard InChI is InChI=1S/C15H20F3N3O2/c1-10(2)19-14(22)20-13-4-3-11(9-12(13)15(16,17)18)21-5-7-23-8-6-21/h3-4,9-10H,5-8H2,1-2H3,(H2,19,20,22). The number of nitrogens with zero attached hydrogens (tertiary/aromatic N) is 1. The van der Waals surface area contributed by atoms with Gasteiger partial charge < -0.3 is 20.3 Å². The molecule has 128 valence electrons. The van der Waals surface area contributed by atoms with Gasteiger partial charge in [-0.05, 0) is 32.0 Å². The minimum Gasteiger partial charge on any atom is -0.378 e. The Morgan fingerprint density at radius 3 is 2.48 bits per heavy atom. The molecule has 8 heteroatoms. The van der Waals surface area contributed by atoms with Crippen molar-refractivity contribution in [2.45, 2.75) is 26.1 Å². The number of morpholine rings is 1. The van der Waals surface area contributed by atoms with Crippen molar-refractivity contribution in [3.63, 3.8) is 0 Å². The molecule has 0 atom stereocenters. The van der Waals surface area contributed by atoms with E-state index in [9.17, 15) is 18.0 Å². The number of ether oxygens (including phenoxy) is 1. The number of urea groups is 1. The molecule has 2 N–H and O–H groups in total. The number of halogens is 3. The van der Waals surface area contributed by atoms with Crippen LogP contribution in [0, 0.1) is 0 Å². The zero-order valence-electron chi connectivity index (χ0n) is 13.0. The zero-order valence-corrected chi connectivity index (χ0v) is 13.0. The highest BCUT2D eigenvalue weighted by Gasteiger charge is 2.34. The van der Waals surface area contributed by atoms with Crippen molar-refractivity contribution in [3.8, 4) is 0 Å². The molecule has 1 heterocycles. The van der Waals surface area contributed by atoms with Gasteiger partial charge in [0.1, 0.15) is 0 Å². The number of hydrogen-bond acceptors (Lipinski definition) is 3. The molecule has 0 bridgehead atoms. The van der Waals surface area contributed by atoms with E-state index in [1.165, 1.54) is 6.07 Å². The van der Waals surface area contributed by atoms with Gasteiger partial charge in [0.15, 0.2) is 0 Å². The molecule has 1 aromatic rings. The third kappa shape index (κ3) is 4.75. The smallest absolute Gasteiger partial charge is 0.378 e. The molecule has 1 saturated heterocycles. The molecule has 0 saturated carbocycles. The van der Waals surface area contributed by atoms with E-state index in [1.807, 2.05) is 4.90 Å². The lowest BCUT2D eigenvalue weighted by atomic mass is 10.1. The molecular weight excluding hydrogens is 311 g/mol. The van der Waals surface area contributed by atoms with Crippen LogP contribution >= 0.6 is 0 Å². The second-order valence-corrected chi connectivity index (χ2v) is 5.58. The predicted molar refractivity (Wildman–Crippen MR) is 81.8 cm³/mol. The summed E-state index contributed by atoms with van der Waals surface area (Å²) in [6.45, 7) is 5.50. The van der Waals surface area contributed by atoms with Gasteiger partial charge in [-0.1, -0.05) is 0 Å². The summed E-state index contributed by atoms with van der Waals surface area (Å²) in [4.78, 5) is 13.5. The molecule has 0 radical (unpaired) electrons. The van der Waals surface area contributed by atoms with Crippen LogP contribution in [-0.4, -0.2) is 38.4 Å². The first kappa shape index (κ1) is 17.4. The van der Waals surface area contributed by atoms with Crippen molar-refractivity contribution in [1.29, 1.82) is 0 Å². The minimum atomic E-state index is -4.55. The van der Waals surface area contributed by atoms with Crippen molar-refractivity contribution in [2.75, 3.05) is 36.5 Å². The normalized spacial score (nSPS) is 15.7. The van der Waals surface area contributed by atoms with Crippen molar-refractivity contribution in [1.82, 2.24) is 5.32 Å². The summed E-state index contributed by atoms with van der Waals surface area (Å²) in [5, 5.41) is 4.77. The number of amides is 2. The first-order chi connectivity index (χ1) is 10.8. The Morgan fingerprint density at radius 1 is 1.26 bits per heavy atom. The number of rotatable bonds is 3. The van der Waals surface area contributed by atoms with Gasteiger partial charge in [0.2, 0.25) is 0 Å². The molecule has 1 aliphatic heterocycles. The number of benzene rings is 1. The number of carbonyl (C=O) groups is 1. The average Bonchev–Trinajstić information content (AvgIpc) is 2.46. The fourth-order valence-corrected chi connectivity index (χ4v) is 2.31. The second-order valence-electron chi connectivity index (χ2n) is 5.58. The van der Waals surface area contributed by atoms with E-state index in [0.717, 1.165) is 6.07 Å². The van der Waals surface area contributed by atoms with E-state index in [4.69, 9.17) is 4.74 Å². The summed E-state index contributed by atoms with van der Waals surface area (Å²) >= 11 is 0. The molecule has 2 rings (SSSR count). The quantitative estimate of drug-likeness (QED) is 0.895. The highest BCUT2D eigenvalue weighted by atomic mass is 19.4. The van der Waals surface area contributed by atoms with Crippen LogP contribution in [0.15, 0.2) is 18.2 Å². The number of hydrogen-bond donors (Lipinski definition) is 2. The van der Waals surface area contributed by atoms with Gasteiger partial charge in [-0.3, -0.25) is 0 Å². The highest BCUT2D eigenvalue weighted by Crippen LogP contribution is 2.37. The number of alkyl halides is 3. The van der Waals surface area contributed by atoms with Crippen LogP contribution in [0.25, 0.3) is 0 Å². The lowest BCUT2D eigenvalue weighted by Gasteiger charge is -2.29. The Hall–Kier alpha value is -1.96. The van der Waals surface area contributed by atoms with Crippen LogP contribution in [0.2, 0.25) is 0 Å². The lowest BCUT2D eigenvalue weighted by Crippen LogP contribution is -2.36. The van der Waals surface area contributed by atoms with Gasteiger partial charge in [0.05, 0.1) is 24.5 Å². The summed E-state index contributed by atoms with van der Waals surface area (Å²) in [5.74, 6) is 0. The maximum atomic E-state index is 13.3. The summed E-state index contributed by atoms with van der Waals surface area (Å²) < 4.78 is 45.1. The molecule has 2 amide bonds. The number of anilines is 2. The van der Waals surface area contributed by atoms with Crippen LogP contribution in [-0.2, 0) is 10.9 Å². The van der Waals surface area contributed by atoms with Crippen molar-refractivity contribution in [3.05, 3.63) is 23.8 Å². The molecule has 5 nitrogen and oxygen atoms in total. The van der Waals surface area contributed by atoms with Crippen molar-refractivity contribution < 1.29 is 22.7 Å². The Labute approximate surface area is 132 Å². The zero-order chi connectivity index (χ0) is 17.0. The largest absolute Gasteiger partial charge is 0.418 e. The third-order valence-corrected chi connectivity index (χ3v) is 3.35. The van der Waals surface area contributed by atoms with Gasteiger partial charge in [-0.15, -0.1) is 0 Å². The predicted octanol–water partition coefficient (Wildman–Crippen LogP) is 3.07. The average molecular weight is 331 g/mol. The molecule has 0 aliphatic carbocycles. The van der Waals surface area contributed by atoms with E-state index >= 15 is 0 Å². The highest BCUT2D eigenvalue weighted by molar-refractivity contribution is 5.90. The molecular formula is C15H20F3N3O2. The molecule has 0 spiro atoms. The third-order valence-electron chi connectivity index (χ3n) is 3.35.